The van der Waals surface area contributed by atoms with E-state index in [1.165, 1.54) is 12.1 Å². The molecule has 0 spiro atoms. The Labute approximate surface area is 183 Å². The van der Waals surface area contributed by atoms with Crippen molar-refractivity contribution in [1.29, 1.82) is 0 Å². The third kappa shape index (κ3) is 8.63. The molecule has 0 aliphatic rings. The molecule has 0 saturated heterocycles. The number of aromatic nitrogens is 1. The molecule has 0 fully saturated rings. The Balaban J connectivity index is 0.00000392. The maximum absolute atomic E-state index is 12.2. The molecule has 0 amide bonds. The van der Waals surface area contributed by atoms with Crippen molar-refractivity contribution in [2.75, 3.05) is 13.1 Å². The number of thiazole rings is 1. The van der Waals surface area contributed by atoms with Crippen molar-refractivity contribution in [3.63, 3.8) is 0 Å². The van der Waals surface area contributed by atoms with Crippen LogP contribution in [-0.2, 0) is 13.0 Å². The van der Waals surface area contributed by atoms with E-state index in [0.717, 1.165) is 27.7 Å². The van der Waals surface area contributed by atoms with Crippen LogP contribution >= 0.6 is 35.3 Å². The van der Waals surface area contributed by atoms with Crippen LogP contribution in [0.5, 0.6) is 5.75 Å². The number of nitrogens with one attached hydrogen (secondary N) is 2. The van der Waals surface area contributed by atoms with Gasteiger partial charge in [-0.1, -0.05) is 12.1 Å². The Morgan fingerprint density at radius 3 is 2.39 bits per heavy atom. The highest BCUT2D eigenvalue weighted by molar-refractivity contribution is 14.0. The Kier molecular flexibility index (Phi) is 10.0. The number of halogens is 4. The number of hydrogen-bond acceptors (Lipinski definition) is 4. The minimum Gasteiger partial charge on any atom is -0.406 e. The lowest BCUT2D eigenvalue weighted by atomic mass is 10.1. The van der Waals surface area contributed by atoms with Crippen LogP contribution in [0, 0.1) is 13.8 Å². The summed E-state index contributed by atoms with van der Waals surface area (Å²) in [6, 6.07) is 5.88. The first-order chi connectivity index (χ1) is 12.8. The van der Waals surface area contributed by atoms with Gasteiger partial charge in [-0.25, -0.2) is 9.98 Å². The van der Waals surface area contributed by atoms with Crippen LogP contribution in [0.15, 0.2) is 29.3 Å². The van der Waals surface area contributed by atoms with E-state index < -0.39 is 6.36 Å². The molecule has 0 bridgehead atoms. The van der Waals surface area contributed by atoms with Crippen molar-refractivity contribution in [2.45, 2.75) is 40.1 Å². The predicted octanol–water partition coefficient (Wildman–Crippen LogP) is 4.57. The molecular formula is C18H24F3IN4OS. The fraction of sp³-hybridized carbons (Fsp3) is 0.444. The summed E-state index contributed by atoms with van der Waals surface area (Å²) in [6.07, 6.45) is -4.02. The summed E-state index contributed by atoms with van der Waals surface area (Å²) in [5.74, 6) is 0.476. The van der Waals surface area contributed by atoms with Crippen LogP contribution in [0.2, 0.25) is 0 Å². The minimum absolute atomic E-state index is 0. The molecule has 1 heterocycles. The van der Waals surface area contributed by atoms with Gasteiger partial charge in [-0.05, 0) is 44.9 Å². The summed E-state index contributed by atoms with van der Waals surface area (Å²) >= 11 is 1.63. The monoisotopic (exact) mass is 528 g/mol. The van der Waals surface area contributed by atoms with Crippen molar-refractivity contribution < 1.29 is 17.9 Å². The molecule has 1 aromatic carbocycles. The zero-order valence-corrected chi connectivity index (χ0v) is 19.0. The fourth-order valence-corrected chi connectivity index (χ4v) is 3.26. The summed E-state index contributed by atoms with van der Waals surface area (Å²) < 4.78 is 40.4. The van der Waals surface area contributed by atoms with Crippen molar-refractivity contribution in [1.82, 2.24) is 15.6 Å². The van der Waals surface area contributed by atoms with Gasteiger partial charge in [0, 0.05) is 18.0 Å². The van der Waals surface area contributed by atoms with Gasteiger partial charge >= 0.3 is 6.36 Å². The van der Waals surface area contributed by atoms with Crippen molar-refractivity contribution in [3.05, 3.63) is 45.4 Å². The number of aryl methyl sites for hydroxylation is 2. The molecule has 0 atom stereocenters. The standard InChI is InChI=1S/C18H23F3N4OS.HI/c1-4-22-17(24-11-16-12(2)25-13(3)27-16)23-10-9-14-5-7-15(8-6-14)26-18(19,20)21;/h5-8H,4,9-11H2,1-3H3,(H2,22,23,24);1H. The first-order valence-electron chi connectivity index (χ1n) is 8.56. The second-order valence-corrected chi connectivity index (χ2v) is 7.09. The van der Waals surface area contributed by atoms with E-state index in [4.69, 9.17) is 0 Å². The molecule has 0 aliphatic heterocycles. The van der Waals surface area contributed by atoms with Gasteiger partial charge < -0.3 is 15.4 Å². The molecule has 0 aliphatic carbocycles. The van der Waals surface area contributed by atoms with E-state index in [2.05, 4.69) is 25.3 Å². The smallest absolute Gasteiger partial charge is 0.406 e. The zero-order valence-electron chi connectivity index (χ0n) is 15.9. The molecule has 0 radical (unpaired) electrons. The zero-order chi connectivity index (χ0) is 19.9. The molecule has 156 valence electrons. The maximum atomic E-state index is 12.2. The van der Waals surface area contributed by atoms with Gasteiger partial charge in [0.1, 0.15) is 5.75 Å². The highest BCUT2D eigenvalue weighted by atomic mass is 127. The number of aliphatic imine (C=N–C) groups is 1. The number of benzene rings is 1. The average molecular weight is 528 g/mol. The summed E-state index contributed by atoms with van der Waals surface area (Å²) in [5.41, 5.74) is 1.90. The van der Waals surface area contributed by atoms with Crippen LogP contribution in [-0.4, -0.2) is 30.4 Å². The van der Waals surface area contributed by atoms with Gasteiger partial charge in [0.2, 0.25) is 0 Å². The van der Waals surface area contributed by atoms with Gasteiger partial charge in [-0.3, -0.25) is 0 Å². The largest absolute Gasteiger partial charge is 0.573 e. The van der Waals surface area contributed by atoms with Crippen LogP contribution in [0.4, 0.5) is 13.2 Å². The normalized spacial score (nSPS) is 11.7. The molecule has 0 unspecified atom stereocenters. The van der Waals surface area contributed by atoms with Gasteiger partial charge in [0.05, 0.1) is 17.2 Å². The number of guanidine groups is 1. The highest BCUT2D eigenvalue weighted by Crippen LogP contribution is 2.22. The SMILES string of the molecule is CCNC(=NCc1sc(C)nc1C)NCCc1ccc(OC(F)(F)F)cc1.I. The van der Waals surface area contributed by atoms with E-state index in [1.54, 1.807) is 23.5 Å². The Morgan fingerprint density at radius 2 is 1.86 bits per heavy atom. The highest BCUT2D eigenvalue weighted by Gasteiger charge is 2.30. The lowest BCUT2D eigenvalue weighted by Gasteiger charge is -2.12. The first kappa shape index (κ1) is 24.5. The fourth-order valence-electron chi connectivity index (χ4n) is 2.40. The molecule has 2 N–H and O–H groups in total. The number of nitrogens with zero attached hydrogens (tertiary/aromatic N) is 2. The molecule has 2 aromatic rings. The number of alkyl halides is 3. The molecule has 28 heavy (non-hydrogen) atoms. The topological polar surface area (TPSA) is 58.5 Å². The van der Waals surface area contributed by atoms with Crippen LogP contribution in [0.25, 0.3) is 0 Å². The lowest BCUT2D eigenvalue weighted by Crippen LogP contribution is -2.38. The van der Waals surface area contributed by atoms with Crippen LogP contribution < -0.4 is 15.4 Å². The van der Waals surface area contributed by atoms with E-state index >= 15 is 0 Å². The molecule has 5 nitrogen and oxygen atoms in total. The lowest BCUT2D eigenvalue weighted by molar-refractivity contribution is -0.274. The van der Waals surface area contributed by atoms with E-state index in [0.29, 0.717) is 25.5 Å². The van der Waals surface area contributed by atoms with Gasteiger partial charge in [-0.2, -0.15) is 0 Å². The van der Waals surface area contributed by atoms with Crippen LogP contribution in [0.3, 0.4) is 0 Å². The second-order valence-electron chi connectivity index (χ2n) is 5.81. The quantitative estimate of drug-likeness (QED) is 0.314. The average Bonchev–Trinajstić information content (AvgIpc) is 2.90. The third-order valence-electron chi connectivity index (χ3n) is 3.59. The van der Waals surface area contributed by atoms with Crippen LogP contribution in [0.1, 0.15) is 28.1 Å². The summed E-state index contributed by atoms with van der Waals surface area (Å²) in [5, 5.41) is 7.43. The maximum Gasteiger partial charge on any atom is 0.573 e. The van der Waals surface area contributed by atoms with E-state index in [-0.39, 0.29) is 29.7 Å². The molecular weight excluding hydrogens is 504 g/mol. The Hall–Kier alpha value is -1.56. The van der Waals surface area contributed by atoms with Gasteiger partial charge in [-0.15, -0.1) is 48.5 Å². The van der Waals surface area contributed by atoms with Gasteiger partial charge in [0.25, 0.3) is 0 Å². The summed E-state index contributed by atoms with van der Waals surface area (Å²) in [6.45, 7) is 7.82. The molecule has 10 heteroatoms. The molecule has 1 aromatic heterocycles. The minimum atomic E-state index is -4.67. The predicted molar refractivity (Wildman–Crippen MR) is 117 cm³/mol. The van der Waals surface area contributed by atoms with Crippen molar-refractivity contribution >= 4 is 41.3 Å². The third-order valence-corrected chi connectivity index (χ3v) is 4.65. The number of rotatable bonds is 7. The Bertz CT molecular complexity index is 763. The Morgan fingerprint density at radius 1 is 1.18 bits per heavy atom. The second kappa shape index (κ2) is 11.4. The first-order valence-corrected chi connectivity index (χ1v) is 9.38. The molecule has 2 rings (SSSR count). The van der Waals surface area contributed by atoms with Crippen molar-refractivity contribution in [2.24, 2.45) is 4.99 Å². The van der Waals surface area contributed by atoms with Crippen molar-refractivity contribution in [3.8, 4) is 5.75 Å². The van der Waals surface area contributed by atoms with Gasteiger partial charge in [0.15, 0.2) is 5.96 Å². The summed E-state index contributed by atoms with van der Waals surface area (Å²) in [7, 11) is 0. The molecule has 0 saturated carbocycles. The number of ether oxygens (including phenoxy) is 1. The van der Waals surface area contributed by atoms with E-state index in [9.17, 15) is 13.2 Å². The van der Waals surface area contributed by atoms with E-state index in [1.807, 2.05) is 20.8 Å². The number of hydrogen-bond donors (Lipinski definition) is 2. The summed E-state index contributed by atoms with van der Waals surface area (Å²) in [4.78, 5) is 10.1.